The Morgan fingerprint density at radius 2 is 2.00 bits per heavy atom. The fourth-order valence-corrected chi connectivity index (χ4v) is 3.88. The number of nitrogens with one attached hydrogen (secondary N) is 1. The van der Waals surface area contributed by atoms with E-state index in [1.54, 1.807) is 30.3 Å². The average molecular weight is 474 g/mol. The summed E-state index contributed by atoms with van der Waals surface area (Å²) in [7, 11) is 1.30. The molecule has 8 nitrogen and oxygen atoms in total. The quantitative estimate of drug-likeness (QED) is 0.307. The molecule has 0 aliphatic carbocycles. The highest BCUT2D eigenvalue weighted by molar-refractivity contribution is 7.11. The van der Waals surface area contributed by atoms with Gasteiger partial charge in [0.2, 0.25) is 0 Å². The molecule has 1 N–H and O–H groups in total. The van der Waals surface area contributed by atoms with Crippen LogP contribution in [-0.2, 0) is 16.1 Å². The predicted octanol–water partition coefficient (Wildman–Crippen LogP) is 3.24. The zero-order valence-electron chi connectivity index (χ0n) is 17.3. The molecule has 0 atom stereocenters. The fraction of sp³-hybridized carbons (Fsp3) is 0.182. The van der Waals surface area contributed by atoms with Crippen molar-refractivity contribution in [2.24, 2.45) is 5.10 Å². The van der Waals surface area contributed by atoms with E-state index in [2.05, 4.69) is 10.5 Å². The molecule has 3 aromatic rings. The van der Waals surface area contributed by atoms with Gasteiger partial charge in [-0.25, -0.2) is 10.2 Å². The zero-order valence-corrected chi connectivity index (χ0v) is 18.9. The minimum absolute atomic E-state index is 0.170. The topological polar surface area (TPSA) is 99.0 Å². The summed E-state index contributed by atoms with van der Waals surface area (Å²) in [5.41, 5.74) is 4.34. The Hall–Kier alpha value is -3.43. The summed E-state index contributed by atoms with van der Waals surface area (Å²) < 4.78 is 11.5. The largest absolute Gasteiger partial charge is 0.483 e. The minimum Gasteiger partial charge on any atom is -0.483 e. The molecule has 0 fully saturated rings. The Bertz CT molecular complexity index is 1220. The zero-order chi connectivity index (χ0) is 23.1. The molecule has 2 aromatic carbocycles. The highest BCUT2D eigenvalue weighted by Gasteiger charge is 2.13. The van der Waals surface area contributed by atoms with Crippen molar-refractivity contribution < 1.29 is 19.1 Å². The van der Waals surface area contributed by atoms with Crippen LogP contribution in [0.25, 0.3) is 0 Å². The molecule has 0 saturated carbocycles. The third-order valence-electron chi connectivity index (χ3n) is 4.37. The molecule has 0 radical (unpaired) electrons. The molecule has 3 rings (SSSR count). The highest BCUT2D eigenvalue weighted by atomic mass is 35.5. The fourth-order valence-electron chi connectivity index (χ4n) is 2.77. The molecule has 0 bridgehead atoms. The van der Waals surface area contributed by atoms with E-state index < -0.39 is 11.9 Å². The summed E-state index contributed by atoms with van der Waals surface area (Å²) in [5.74, 6) is -0.307. The molecule has 10 heteroatoms. The number of nitrogens with zero attached hydrogens (tertiary/aromatic N) is 2. The lowest BCUT2D eigenvalue weighted by atomic mass is 10.1. The lowest BCUT2D eigenvalue weighted by Gasteiger charge is -2.07. The summed E-state index contributed by atoms with van der Waals surface area (Å²) in [6, 6.07) is 14.1. The number of aromatic nitrogens is 1. The molecule has 166 valence electrons. The smallest absolute Gasteiger partial charge is 0.337 e. The van der Waals surface area contributed by atoms with Crippen LogP contribution < -0.4 is 15.0 Å². The molecule has 1 amide bonds. The molecule has 0 saturated heterocycles. The summed E-state index contributed by atoms with van der Waals surface area (Å²) in [6.45, 7) is 1.85. The Kier molecular flexibility index (Phi) is 7.80. The maximum absolute atomic E-state index is 12.4. The van der Waals surface area contributed by atoms with Crippen molar-refractivity contribution in [3.05, 3.63) is 84.9 Å². The van der Waals surface area contributed by atoms with Crippen LogP contribution in [0.5, 0.6) is 5.75 Å². The van der Waals surface area contributed by atoms with E-state index in [1.165, 1.54) is 17.9 Å². The number of hydrogen-bond donors (Lipinski definition) is 1. The average Bonchev–Trinajstić information content (AvgIpc) is 3.05. The van der Waals surface area contributed by atoms with E-state index >= 15 is 0 Å². The Morgan fingerprint density at radius 3 is 2.75 bits per heavy atom. The van der Waals surface area contributed by atoms with Gasteiger partial charge in [-0.3, -0.25) is 14.2 Å². The number of benzene rings is 2. The maximum atomic E-state index is 12.4. The van der Waals surface area contributed by atoms with Gasteiger partial charge in [0.15, 0.2) is 6.61 Å². The molecule has 0 aliphatic rings. The first-order valence-electron chi connectivity index (χ1n) is 9.45. The van der Waals surface area contributed by atoms with Crippen molar-refractivity contribution in [2.45, 2.75) is 13.5 Å². The molecule has 1 heterocycles. The van der Waals surface area contributed by atoms with Crippen LogP contribution in [0.1, 0.15) is 26.4 Å². The number of halogens is 1. The summed E-state index contributed by atoms with van der Waals surface area (Å²) in [4.78, 5) is 36.1. The summed E-state index contributed by atoms with van der Waals surface area (Å²) in [5, 5.41) is 4.03. The van der Waals surface area contributed by atoms with E-state index in [-0.39, 0.29) is 23.2 Å². The Labute approximate surface area is 193 Å². The molecule has 32 heavy (non-hydrogen) atoms. The maximum Gasteiger partial charge on any atom is 0.337 e. The van der Waals surface area contributed by atoms with Crippen LogP contribution >= 0.6 is 22.9 Å². The van der Waals surface area contributed by atoms with Crippen molar-refractivity contribution in [1.82, 2.24) is 9.99 Å². The number of para-hydroxylation sites is 1. The van der Waals surface area contributed by atoms with Gasteiger partial charge in [-0.05, 0) is 36.2 Å². The van der Waals surface area contributed by atoms with Crippen LogP contribution in [0.2, 0.25) is 5.15 Å². The van der Waals surface area contributed by atoms with E-state index in [9.17, 15) is 14.4 Å². The van der Waals surface area contributed by atoms with E-state index in [1.807, 2.05) is 25.1 Å². The van der Waals surface area contributed by atoms with Gasteiger partial charge in [0.1, 0.15) is 10.9 Å². The number of hydrogen-bond acceptors (Lipinski definition) is 7. The first-order valence-corrected chi connectivity index (χ1v) is 10.6. The standard InChI is InChI=1S/C22H20ClN3O5S/c1-14-6-3-4-9-17(14)31-13-19(27)25-24-11-18-20(23)26(22(29)32-18)12-15-7-5-8-16(10-15)21(28)30-2/h3-11H,12-13H2,1-2H3,(H,25,27). The number of esters is 1. The third kappa shape index (κ3) is 5.83. The normalized spacial score (nSPS) is 10.8. The molecule has 0 unspecified atom stereocenters. The first-order chi connectivity index (χ1) is 15.4. The van der Waals surface area contributed by atoms with Crippen LogP contribution in [0, 0.1) is 6.92 Å². The van der Waals surface area contributed by atoms with Crippen LogP contribution in [0.15, 0.2) is 58.4 Å². The number of methoxy groups -OCH3 is 1. The predicted molar refractivity (Wildman–Crippen MR) is 123 cm³/mol. The number of hydrazone groups is 1. The van der Waals surface area contributed by atoms with Gasteiger partial charge in [-0.1, -0.05) is 53.3 Å². The number of amides is 1. The SMILES string of the molecule is COC(=O)c1cccc(Cn2c(Cl)c(C=NNC(=O)COc3ccccc3C)sc2=O)c1. The van der Waals surface area contributed by atoms with Gasteiger partial charge in [0.05, 0.1) is 30.3 Å². The molecular weight excluding hydrogens is 454 g/mol. The number of carbonyl (C=O) groups excluding carboxylic acids is 2. The lowest BCUT2D eigenvalue weighted by molar-refractivity contribution is -0.123. The molecule has 1 aromatic heterocycles. The second-order valence-electron chi connectivity index (χ2n) is 6.65. The van der Waals surface area contributed by atoms with Crippen LogP contribution in [0.4, 0.5) is 0 Å². The van der Waals surface area contributed by atoms with E-state index in [4.69, 9.17) is 21.1 Å². The van der Waals surface area contributed by atoms with Gasteiger partial charge in [0, 0.05) is 0 Å². The van der Waals surface area contributed by atoms with Crippen LogP contribution in [-0.4, -0.2) is 36.4 Å². The Morgan fingerprint density at radius 1 is 1.22 bits per heavy atom. The van der Waals surface area contributed by atoms with Crippen molar-refractivity contribution in [1.29, 1.82) is 0 Å². The van der Waals surface area contributed by atoms with Crippen molar-refractivity contribution in [3.8, 4) is 5.75 Å². The number of ether oxygens (including phenoxy) is 2. The summed E-state index contributed by atoms with van der Waals surface area (Å²) >= 11 is 7.23. The lowest BCUT2D eigenvalue weighted by Crippen LogP contribution is -2.24. The van der Waals surface area contributed by atoms with Gasteiger partial charge in [-0.2, -0.15) is 5.10 Å². The number of rotatable bonds is 8. The number of thiazole rings is 1. The second kappa shape index (κ2) is 10.7. The third-order valence-corrected chi connectivity index (χ3v) is 5.80. The van der Waals surface area contributed by atoms with Gasteiger partial charge in [-0.15, -0.1) is 0 Å². The highest BCUT2D eigenvalue weighted by Crippen LogP contribution is 2.19. The monoisotopic (exact) mass is 473 g/mol. The van der Waals surface area contributed by atoms with Crippen molar-refractivity contribution in [3.63, 3.8) is 0 Å². The molecular formula is C22H20ClN3O5S. The first kappa shape index (κ1) is 23.2. The Balaban J connectivity index is 1.62. The van der Waals surface area contributed by atoms with E-state index in [0.717, 1.165) is 16.9 Å². The summed E-state index contributed by atoms with van der Waals surface area (Å²) in [6.07, 6.45) is 1.31. The minimum atomic E-state index is -0.467. The number of aryl methyl sites for hydroxylation is 1. The van der Waals surface area contributed by atoms with E-state index in [0.29, 0.717) is 21.8 Å². The van der Waals surface area contributed by atoms with Crippen molar-refractivity contribution in [2.75, 3.05) is 13.7 Å². The van der Waals surface area contributed by atoms with Crippen molar-refractivity contribution >= 4 is 41.0 Å². The second-order valence-corrected chi connectivity index (χ2v) is 8.00. The van der Waals surface area contributed by atoms with Crippen LogP contribution in [0.3, 0.4) is 0 Å². The number of carbonyl (C=O) groups is 2. The molecule has 0 spiro atoms. The van der Waals surface area contributed by atoms with Gasteiger partial charge < -0.3 is 9.47 Å². The van der Waals surface area contributed by atoms with Gasteiger partial charge >= 0.3 is 10.8 Å². The van der Waals surface area contributed by atoms with Gasteiger partial charge in [0.25, 0.3) is 5.91 Å². The molecule has 0 aliphatic heterocycles.